The number of hydrogen-bond acceptors (Lipinski definition) is 5. The van der Waals surface area contributed by atoms with Crippen molar-refractivity contribution < 1.29 is 14.0 Å². The van der Waals surface area contributed by atoms with E-state index in [9.17, 15) is 14.0 Å². The highest BCUT2D eigenvalue weighted by molar-refractivity contribution is 6.00. The van der Waals surface area contributed by atoms with Gasteiger partial charge in [0, 0.05) is 24.0 Å². The molecular formula is C20H22FN5O2. The van der Waals surface area contributed by atoms with Crippen molar-refractivity contribution in [3.8, 4) is 0 Å². The largest absolute Gasteiger partial charge is 0.352 e. The van der Waals surface area contributed by atoms with Gasteiger partial charge in [-0.15, -0.1) is 0 Å². The van der Waals surface area contributed by atoms with Crippen molar-refractivity contribution in [2.45, 2.75) is 27.2 Å². The Morgan fingerprint density at radius 1 is 1.25 bits per heavy atom. The summed E-state index contributed by atoms with van der Waals surface area (Å²) >= 11 is 0. The van der Waals surface area contributed by atoms with E-state index in [1.165, 1.54) is 6.33 Å². The SMILES string of the molecule is CCCNC(=O)c1cn2ncnc(Nc3cc(C(=O)CF)ccc3C)c2c1C. The van der Waals surface area contributed by atoms with Gasteiger partial charge in [-0.3, -0.25) is 9.59 Å². The predicted octanol–water partition coefficient (Wildman–Crippen LogP) is 3.38. The van der Waals surface area contributed by atoms with Crippen molar-refractivity contribution in [2.24, 2.45) is 0 Å². The number of carbonyl (C=O) groups excluding carboxylic acids is 2. The maximum absolute atomic E-state index is 12.7. The molecule has 0 aliphatic heterocycles. The maximum atomic E-state index is 12.7. The van der Waals surface area contributed by atoms with Crippen molar-refractivity contribution in [1.29, 1.82) is 0 Å². The number of hydrogen-bond donors (Lipinski definition) is 2. The van der Waals surface area contributed by atoms with Crippen molar-refractivity contribution in [1.82, 2.24) is 19.9 Å². The molecule has 3 rings (SSSR count). The first-order valence-corrected chi connectivity index (χ1v) is 9.04. The van der Waals surface area contributed by atoms with Crippen LogP contribution in [0.3, 0.4) is 0 Å². The standard InChI is InChI=1S/C20H22FN5O2/c1-4-7-22-20(28)15-10-26-18(13(15)3)19(23-11-24-26)25-16-8-14(17(27)9-21)6-5-12(16)2/h5-6,8,10-11H,4,7,9H2,1-3H3,(H,22,28)(H,23,24,25). The highest BCUT2D eigenvalue weighted by Crippen LogP contribution is 2.27. The third-order valence-corrected chi connectivity index (χ3v) is 4.54. The minimum atomic E-state index is -1.05. The van der Waals surface area contributed by atoms with Crippen molar-refractivity contribution in [3.63, 3.8) is 0 Å². The maximum Gasteiger partial charge on any atom is 0.253 e. The lowest BCUT2D eigenvalue weighted by atomic mass is 10.1. The zero-order valence-electron chi connectivity index (χ0n) is 16.0. The fourth-order valence-electron chi connectivity index (χ4n) is 2.95. The third-order valence-electron chi connectivity index (χ3n) is 4.54. The number of alkyl halides is 1. The van der Waals surface area contributed by atoms with Crippen LogP contribution >= 0.6 is 0 Å². The van der Waals surface area contributed by atoms with Crippen LogP contribution < -0.4 is 10.6 Å². The van der Waals surface area contributed by atoms with E-state index in [0.717, 1.165) is 17.5 Å². The molecule has 0 saturated heterocycles. The van der Waals surface area contributed by atoms with E-state index in [4.69, 9.17) is 0 Å². The van der Waals surface area contributed by atoms with Crippen LogP contribution in [0.4, 0.5) is 15.9 Å². The van der Waals surface area contributed by atoms with Crippen molar-refractivity contribution in [3.05, 3.63) is 53.0 Å². The quantitative estimate of drug-likeness (QED) is 0.611. The summed E-state index contributed by atoms with van der Waals surface area (Å²) in [7, 11) is 0. The number of benzene rings is 1. The van der Waals surface area contributed by atoms with Crippen LogP contribution in [0.2, 0.25) is 0 Å². The van der Waals surface area contributed by atoms with Gasteiger partial charge in [-0.1, -0.05) is 19.1 Å². The van der Waals surface area contributed by atoms with Gasteiger partial charge >= 0.3 is 0 Å². The molecule has 1 aromatic carbocycles. The minimum absolute atomic E-state index is 0.164. The van der Waals surface area contributed by atoms with Crippen LogP contribution in [0.1, 0.15) is 45.2 Å². The number of nitrogens with one attached hydrogen (secondary N) is 2. The molecule has 0 spiro atoms. The Bertz CT molecular complexity index is 1040. The number of amides is 1. The van der Waals surface area contributed by atoms with E-state index in [1.807, 2.05) is 20.8 Å². The molecule has 28 heavy (non-hydrogen) atoms. The van der Waals surface area contributed by atoms with Crippen LogP contribution in [0.5, 0.6) is 0 Å². The molecule has 2 N–H and O–H groups in total. The molecule has 0 saturated carbocycles. The molecule has 0 radical (unpaired) electrons. The molecule has 3 aromatic rings. The van der Waals surface area contributed by atoms with Crippen LogP contribution in [-0.4, -0.2) is 39.5 Å². The number of anilines is 2. The molecule has 0 fully saturated rings. The number of fused-ring (bicyclic) bond motifs is 1. The Hall–Kier alpha value is -3.29. The highest BCUT2D eigenvalue weighted by Gasteiger charge is 2.18. The molecule has 0 bridgehead atoms. The van der Waals surface area contributed by atoms with Crippen LogP contribution in [0, 0.1) is 13.8 Å². The first-order chi connectivity index (χ1) is 13.5. The molecule has 7 nitrogen and oxygen atoms in total. The van der Waals surface area contributed by atoms with Gasteiger partial charge in [0.05, 0.1) is 5.56 Å². The normalized spacial score (nSPS) is 10.9. The highest BCUT2D eigenvalue weighted by atomic mass is 19.1. The number of ketones is 1. The molecular weight excluding hydrogens is 361 g/mol. The van der Waals surface area contributed by atoms with Crippen molar-refractivity contribution >= 4 is 28.7 Å². The fraction of sp³-hybridized carbons (Fsp3) is 0.300. The Balaban J connectivity index is 2.02. The zero-order valence-corrected chi connectivity index (χ0v) is 16.0. The van der Waals surface area contributed by atoms with E-state index < -0.39 is 12.5 Å². The molecule has 8 heteroatoms. The van der Waals surface area contributed by atoms with Gasteiger partial charge in [0.25, 0.3) is 5.91 Å². The summed E-state index contributed by atoms with van der Waals surface area (Å²) < 4.78 is 14.3. The average molecular weight is 383 g/mol. The van der Waals surface area contributed by atoms with E-state index in [0.29, 0.717) is 29.1 Å². The van der Waals surface area contributed by atoms with Gasteiger partial charge in [-0.2, -0.15) is 5.10 Å². The lowest BCUT2D eigenvalue weighted by molar-refractivity contribution is 0.0948. The lowest BCUT2D eigenvalue weighted by Gasteiger charge is -2.11. The van der Waals surface area contributed by atoms with Gasteiger partial charge in [0.2, 0.25) is 0 Å². The topological polar surface area (TPSA) is 88.4 Å². The van der Waals surface area contributed by atoms with Crippen LogP contribution in [0.15, 0.2) is 30.7 Å². The predicted molar refractivity (Wildman–Crippen MR) is 105 cm³/mol. The van der Waals surface area contributed by atoms with Gasteiger partial charge in [-0.05, 0) is 37.5 Å². The summed E-state index contributed by atoms with van der Waals surface area (Å²) in [6, 6.07) is 4.94. The van der Waals surface area contributed by atoms with Gasteiger partial charge in [0.1, 0.15) is 11.8 Å². The molecule has 2 aromatic heterocycles. The Labute approximate surface area is 162 Å². The molecule has 0 aliphatic carbocycles. The summed E-state index contributed by atoms with van der Waals surface area (Å²) in [5.41, 5.74) is 3.72. The van der Waals surface area contributed by atoms with Crippen molar-refractivity contribution in [2.75, 3.05) is 18.5 Å². The second kappa shape index (κ2) is 8.16. The summed E-state index contributed by atoms with van der Waals surface area (Å²) in [6.45, 7) is 5.24. The summed E-state index contributed by atoms with van der Waals surface area (Å²) in [4.78, 5) is 28.4. The third kappa shape index (κ3) is 3.71. The van der Waals surface area contributed by atoms with E-state index >= 15 is 0 Å². The number of rotatable bonds is 7. The van der Waals surface area contributed by atoms with Gasteiger partial charge in [0.15, 0.2) is 18.3 Å². The minimum Gasteiger partial charge on any atom is -0.352 e. The monoisotopic (exact) mass is 383 g/mol. The van der Waals surface area contributed by atoms with E-state index in [1.54, 1.807) is 28.9 Å². The van der Waals surface area contributed by atoms with Crippen LogP contribution in [0.25, 0.3) is 5.52 Å². The molecule has 146 valence electrons. The fourth-order valence-corrected chi connectivity index (χ4v) is 2.95. The molecule has 1 amide bonds. The molecule has 0 unspecified atom stereocenters. The van der Waals surface area contributed by atoms with Crippen LogP contribution in [-0.2, 0) is 0 Å². The molecule has 0 atom stereocenters. The molecule has 2 heterocycles. The Morgan fingerprint density at radius 3 is 2.75 bits per heavy atom. The Morgan fingerprint density at radius 2 is 2.04 bits per heavy atom. The van der Waals surface area contributed by atoms with Gasteiger partial charge < -0.3 is 10.6 Å². The second-order valence-corrected chi connectivity index (χ2v) is 6.54. The second-order valence-electron chi connectivity index (χ2n) is 6.54. The first-order valence-electron chi connectivity index (χ1n) is 9.04. The number of carbonyl (C=O) groups is 2. The average Bonchev–Trinajstić information content (AvgIpc) is 3.04. The number of aromatic nitrogens is 3. The smallest absolute Gasteiger partial charge is 0.253 e. The first kappa shape index (κ1) is 19.5. The number of halogens is 1. The van der Waals surface area contributed by atoms with E-state index in [2.05, 4.69) is 20.7 Å². The summed E-state index contributed by atoms with van der Waals surface area (Å²) in [5, 5.41) is 10.2. The number of Topliss-reactive ketones (excluding diaryl/α,β-unsaturated/α-hetero) is 1. The molecule has 0 aliphatic rings. The van der Waals surface area contributed by atoms with E-state index in [-0.39, 0.29) is 11.5 Å². The lowest BCUT2D eigenvalue weighted by Crippen LogP contribution is -2.24. The Kier molecular flexibility index (Phi) is 5.67. The number of nitrogens with zero attached hydrogens (tertiary/aromatic N) is 3. The number of aryl methyl sites for hydroxylation is 2. The zero-order chi connectivity index (χ0) is 20.3. The summed E-state index contributed by atoms with van der Waals surface area (Å²) in [5.74, 6) is -0.248. The summed E-state index contributed by atoms with van der Waals surface area (Å²) in [6.07, 6.45) is 3.89. The van der Waals surface area contributed by atoms with Gasteiger partial charge in [-0.25, -0.2) is 13.9 Å².